The van der Waals surface area contributed by atoms with E-state index in [4.69, 9.17) is 5.84 Å². The summed E-state index contributed by atoms with van der Waals surface area (Å²) in [6, 6.07) is 0. The second-order valence-electron chi connectivity index (χ2n) is 2.64. The first-order valence-electron chi connectivity index (χ1n) is 3.75. The Labute approximate surface area is 80.7 Å². The third-order valence-corrected chi connectivity index (χ3v) is 3.49. The van der Waals surface area contributed by atoms with Crippen LogP contribution < -0.4 is 11.3 Å². The minimum absolute atomic E-state index is 0.668. The van der Waals surface area contributed by atoms with Crippen molar-refractivity contribution in [2.75, 3.05) is 5.43 Å². The number of hydrogen-bond donors (Lipinski definition) is 2. The summed E-state index contributed by atoms with van der Waals surface area (Å²) in [6.45, 7) is 4.38. The molecule has 0 unspecified atom stereocenters. The normalized spacial score (nSPS) is 10.7. The van der Waals surface area contributed by atoms with Crippen LogP contribution in [-0.4, -0.2) is 10.2 Å². The summed E-state index contributed by atoms with van der Waals surface area (Å²) < 4.78 is 0. The zero-order valence-electron chi connectivity index (χ0n) is 7.20. The molecule has 0 aromatic carbocycles. The molecule has 1 aromatic rings. The molecule has 0 aliphatic rings. The highest BCUT2D eigenvalue weighted by molar-refractivity contribution is 7.99. The Morgan fingerprint density at radius 2 is 2.50 bits per heavy atom. The molecule has 5 heteroatoms. The number of thiazole rings is 1. The molecule has 1 rings (SSSR count). The predicted molar refractivity (Wildman–Crippen MR) is 56.4 cm³/mol. The van der Waals surface area contributed by atoms with Crippen molar-refractivity contribution in [2.45, 2.75) is 24.9 Å². The van der Waals surface area contributed by atoms with Crippen LogP contribution in [0.1, 0.15) is 18.7 Å². The summed E-state index contributed by atoms with van der Waals surface area (Å²) >= 11 is 3.52. The molecule has 0 aliphatic heterocycles. The average Bonchev–Trinajstić information content (AvgIpc) is 2.48. The summed E-state index contributed by atoms with van der Waals surface area (Å²) in [5.41, 5.74) is 2.53. The van der Waals surface area contributed by atoms with Crippen molar-refractivity contribution >= 4 is 28.2 Å². The van der Waals surface area contributed by atoms with Crippen molar-refractivity contribution in [1.29, 1.82) is 0 Å². The lowest BCUT2D eigenvalue weighted by atomic mass is 10.6. The minimum Gasteiger partial charge on any atom is -0.300 e. The van der Waals surface area contributed by atoms with Crippen molar-refractivity contribution < 1.29 is 0 Å². The zero-order valence-corrected chi connectivity index (χ0v) is 8.84. The van der Waals surface area contributed by atoms with E-state index >= 15 is 0 Å². The van der Waals surface area contributed by atoms with E-state index < -0.39 is 0 Å². The van der Waals surface area contributed by atoms with Gasteiger partial charge >= 0.3 is 0 Å². The summed E-state index contributed by atoms with van der Waals surface area (Å²) in [4.78, 5) is 5.35. The maximum atomic E-state index is 5.21. The van der Waals surface area contributed by atoms with Gasteiger partial charge in [0.05, 0.1) is 0 Å². The van der Waals surface area contributed by atoms with Gasteiger partial charge in [-0.05, 0) is 5.25 Å². The molecule has 0 spiro atoms. The lowest BCUT2D eigenvalue weighted by Crippen LogP contribution is -2.05. The van der Waals surface area contributed by atoms with Crippen LogP contribution in [0.2, 0.25) is 0 Å². The molecule has 3 nitrogen and oxygen atoms in total. The smallest absolute Gasteiger partial charge is 0.197 e. The Hall–Kier alpha value is -0.260. The van der Waals surface area contributed by atoms with Gasteiger partial charge in [0.25, 0.3) is 0 Å². The van der Waals surface area contributed by atoms with Crippen molar-refractivity contribution in [1.82, 2.24) is 4.98 Å². The van der Waals surface area contributed by atoms with E-state index in [1.165, 1.54) is 4.88 Å². The van der Waals surface area contributed by atoms with Crippen LogP contribution >= 0.6 is 23.1 Å². The maximum absolute atomic E-state index is 5.21. The highest BCUT2D eigenvalue weighted by Gasteiger charge is 2.01. The lowest BCUT2D eigenvalue weighted by molar-refractivity contribution is 1.11. The quantitative estimate of drug-likeness (QED) is 0.581. The number of hydrogen-bond acceptors (Lipinski definition) is 5. The first-order valence-corrected chi connectivity index (χ1v) is 5.62. The molecule has 0 fully saturated rings. The molecular formula is C7H13N3S2. The number of nitrogens with zero attached hydrogens (tertiary/aromatic N) is 1. The topological polar surface area (TPSA) is 50.9 Å². The highest BCUT2D eigenvalue weighted by atomic mass is 32.2. The van der Waals surface area contributed by atoms with Crippen LogP contribution in [0.15, 0.2) is 6.20 Å². The fourth-order valence-corrected chi connectivity index (χ4v) is 2.22. The SMILES string of the molecule is CC(C)SCc1cnc(NN)s1. The number of nitrogen functional groups attached to an aromatic ring is 1. The van der Waals surface area contributed by atoms with Gasteiger partial charge in [-0.15, -0.1) is 11.3 Å². The number of nitrogens with two attached hydrogens (primary N) is 1. The molecule has 1 heterocycles. The number of anilines is 1. The summed E-state index contributed by atoms with van der Waals surface area (Å²) in [5.74, 6) is 6.24. The van der Waals surface area contributed by atoms with Crippen LogP contribution in [0.5, 0.6) is 0 Å². The molecule has 0 amide bonds. The Balaban J connectivity index is 2.41. The second-order valence-corrected chi connectivity index (χ2v) is 5.32. The highest BCUT2D eigenvalue weighted by Crippen LogP contribution is 2.23. The van der Waals surface area contributed by atoms with Crippen LogP contribution in [0.4, 0.5) is 5.13 Å². The monoisotopic (exact) mass is 203 g/mol. The largest absolute Gasteiger partial charge is 0.300 e. The van der Waals surface area contributed by atoms with Crippen molar-refractivity contribution in [3.05, 3.63) is 11.1 Å². The molecule has 68 valence electrons. The van der Waals surface area contributed by atoms with Crippen LogP contribution in [0, 0.1) is 0 Å². The van der Waals surface area contributed by atoms with E-state index in [2.05, 4.69) is 24.3 Å². The maximum Gasteiger partial charge on any atom is 0.197 e. The number of rotatable bonds is 4. The van der Waals surface area contributed by atoms with E-state index in [-0.39, 0.29) is 0 Å². The predicted octanol–water partition coefficient (Wildman–Crippen LogP) is 2.07. The van der Waals surface area contributed by atoms with Gasteiger partial charge in [0, 0.05) is 16.8 Å². The van der Waals surface area contributed by atoms with Crippen molar-refractivity contribution in [2.24, 2.45) is 5.84 Å². The third kappa shape index (κ3) is 3.00. The average molecular weight is 203 g/mol. The van der Waals surface area contributed by atoms with E-state index in [0.717, 1.165) is 10.9 Å². The van der Waals surface area contributed by atoms with Crippen LogP contribution in [0.25, 0.3) is 0 Å². The van der Waals surface area contributed by atoms with Gasteiger partial charge in [-0.25, -0.2) is 10.8 Å². The Kier molecular flexibility index (Phi) is 3.84. The van der Waals surface area contributed by atoms with Crippen LogP contribution in [-0.2, 0) is 5.75 Å². The molecule has 0 radical (unpaired) electrons. The van der Waals surface area contributed by atoms with E-state index in [1.807, 2.05) is 18.0 Å². The van der Waals surface area contributed by atoms with Gasteiger partial charge in [-0.3, -0.25) is 5.43 Å². The molecule has 0 atom stereocenters. The van der Waals surface area contributed by atoms with Gasteiger partial charge in [0.1, 0.15) is 0 Å². The van der Waals surface area contributed by atoms with Crippen molar-refractivity contribution in [3.63, 3.8) is 0 Å². The van der Waals surface area contributed by atoms with Gasteiger partial charge in [0.2, 0.25) is 0 Å². The fourth-order valence-electron chi connectivity index (χ4n) is 0.690. The fraction of sp³-hybridized carbons (Fsp3) is 0.571. The number of thioether (sulfide) groups is 1. The number of hydrazine groups is 1. The summed E-state index contributed by atoms with van der Waals surface area (Å²) in [5, 5.41) is 1.45. The standard InChI is InChI=1S/C7H13N3S2/c1-5(2)11-4-6-3-9-7(10-8)12-6/h3,5H,4,8H2,1-2H3,(H,9,10). The summed E-state index contributed by atoms with van der Waals surface area (Å²) in [7, 11) is 0. The van der Waals surface area contributed by atoms with E-state index in [0.29, 0.717) is 5.25 Å². The van der Waals surface area contributed by atoms with Crippen molar-refractivity contribution in [3.8, 4) is 0 Å². The summed E-state index contributed by atoms with van der Waals surface area (Å²) in [6.07, 6.45) is 1.87. The first-order chi connectivity index (χ1) is 5.72. The molecule has 3 N–H and O–H groups in total. The van der Waals surface area contributed by atoms with Crippen LogP contribution in [0.3, 0.4) is 0 Å². The molecule has 1 aromatic heterocycles. The molecule has 0 aliphatic carbocycles. The lowest BCUT2D eigenvalue weighted by Gasteiger charge is -2.00. The molecule has 0 saturated heterocycles. The Bertz CT molecular complexity index is 234. The van der Waals surface area contributed by atoms with E-state index in [9.17, 15) is 0 Å². The zero-order chi connectivity index (χ0) is 8.97. The minimum atomic E-state index is 0.668. The van der Waals surface area contributed by atoms with Gasteiger partial charge < -0.3 is 0 Å². The molecule has 0 bridgehead atoms. The Morgan fingerprint density at radius 3 is 3.00 bits per heavy atom. The Morgan fingerprint density at radius 1 is 1.75 bits per heavy atom. The van der Waals surface area contributed by atoms with E-state index in [1.54, 1.807) is 11.3 Å². The third-order valence-electron chi connectivity index (χ3n) is 1.24. The molecular weight excluding hydrogens is 190 g/mol. The van der Waals surface area contributed by atoms with Gasteiger partial charge in [-0.1, -0.05) is 13.8 Å². The number of aromatic nitrogens is 1. The second kappa shape index (κ2) is 4.69. The number of nitrogens with one attached hydrogen (secondary N) is 1. The molecule has 0 saturated carbocycles. The van der Waals surface area contributed by atoms with Gasteiger partial charge in [0.15, 0.2) is 5.13 Å². The first kappa shape index (κ1) is 9.83. The van der Waals surface area contributed by atoms with Gasteiger partial charge in [-0.2, -0.15) is 11.8 Å². The molecule has 12 heavy (non-hydrogen) atoms.